The van der Waals surface area contributed by atoms with E-state index in [4.69, 9.17) is 4.74 Å². The van der Waals surface area contributed by atoms with Crippen molar-refractivity contribution in [3.8, 4) is 5.75 Å². The lowest BCUT2D eigenvalue weighted by molar-refractivity contribution is -0.135. The Morgan fingerprint density at radius 3 is 2.46 bits per heavy atom. The van der Waals surface area contributed by atoms with Crippen LogP contribution < -0.4 is 10.1 Å². The average molecular weight is 419 g/mol. The Bertz CT molecular complexity index is 775. The molecule has 5 nitrogen and oxygen atoms in total. The van der Waals surface area contributed by atoms with Gasteiger partial charge in [0.15, 0.2) is 6.61 Å². The van der Waals surface area contributed by atoms with E-state index in [0.717, 1.165) is 22.1 Å². The van der Waals surface area contributed by atoms with Gasteiger partial charge in [-0.1, -0.05) is 35.0 Å². The van der Waals surface area contributed by atoms with Crippen molar-refractivity contribution in [2.75, 3.05) is 25.5 Å². The summed E-state index contributed by atoms with van der Waals surface area (Å²) in [6.07, 6.45) is 0.953. The van der Waals surface area contributed by atoms with Crippen LogP contribution >= 0.6 is 15.9 Å². The Hall–Kier alpha value is -2.34. The first-order valence-corrected chi connectivity index (χ1v) is 9.20. The number of benzene rings is 2. The number of ether oxygens (including phenoxy) is 1. The van der Waals surface area contributed by atoms with E-state index in [1.807, 2.05) is 49.4 Å². The summed E-state index contributed by atoms with van der Waals surface area (Å²) in [5, 5.41) is 2.82. The van der Waals surface area contributed by atoms with Gasteiger partial charge in [0, 0.05) is 17.2 Å². The summed E-state index contributed by atoms with van der Waals surface area (Å²) in [6.45, 7) is 3.85. The van der Waals surface area contributed by atoms with Crippen LogP contribution in [0.25, 0.3) is 0 Å². The molecule has 0 radical (unpaired) electrons. The molecule has 0 saturated carbocycles. The summed E-state index contributed by atoms with van der Waals surface area (Å²) in [4.78, 5) is 25.7. The van der Waals surface area contributed by atoms with Gasteiger partial charge >= 0.3 is 0 Å². The second-order valence-corrected chi connectivity index (χ2v) is 6.96. The minimum Gasteiger partial charge on any atom is -0.484 e. The first-order valence-electron chi connectivity index (χ1n) is 8.40. The van der Waals surface area contributed by atoms with Gasteiger partial charge < -0.3 is 15.0 Å². The van der Waals surface area contributed by atoms with Crippen LogP contribution in [0, 0.1) is 6.92 Å². The number of halogens is 1. The Kier molecular flexibility index (Phi) is 7.21. The minimum atomic E-state index is -0.257. The van der Waals surface area contributed by atoms with Crippen molar-refractivity contribution < 1.29 is 14.3 Å². The first-order chi connectivity index (χ1) is 12.4. The third kappa shape index (κ3) is 5.88. The molecule has 0 bridgehead atoms. The van der Waals surface area contributed by atoms with Crippen LogP contribution in [0.3, 0.4) is 0 Å². The van der Waals surface area contributed by atoms with Crippen molar-refractivity contribution >= 4 is 33.4 Å². The van der Waals surface area contributed by atoms with E-state index >= 15 is 0 Å². The number of nitrogens with zero attached hydrogens (tertiary/aromatic N) is 1. The summed E-state index contributed by atoms with van der Waals surface area (Å²) < 4.78 is 6.44. The van der Waals surface area contributed by atoms with E-state index in [1.165, 1.54) is 10.5 Å². The number of carbonyl (C=O) groups is 2. The van der Waals surface area contributed by atoms with Crippen LogP contribution in [0.15, 0.2) is 46.9 Å². The molecule has 0 aliphatic rings. The van der Waals surface area contributed by atoms with Crippen LogP contribution in [0.4, 0.5) is 5.69 Å². The smallest absolute Gasteiger partial charge is 0.260 e. The highest BCUT2D eigenvalue weighted by Crippen LogP contribution is 2.20. The summed E-state index contributed by atoms with van der Waals surface area (Å²) in [6, 6.07) is 13.2. The Labute approximate surface area is 162 Å². The maximum atomic E-state index is 12.2. The number of hydrogen-bond donors (Lipinski definition) is 1. The zero-order valence-corrected chi connectivity index (χ0v) is 16.8. The third-order valence-electron chi connectivity index (χ3n) is 3.96. The van der Waals surface area contributed by atoms with Crippen LogP contribution in [-0.2, 0) is 16.0 Å². The SMILES string of the molecule is CCc1ccc(OCC(=O)N(C)CC(=O)Nc2ccc(Br)cc2C)cc1. The normalized spacial score (nSPS) is 10.3. The molecule has 0 unspecified atom stereocenters. The molecule has 0 aliphatic carbocycles. The highest BCUT2D eigenvalue weighted by molar-refractivity contribution is 9.10. The van der Waals surface area contributed by atoms with Gasteiger partial charge in [-0.25, -0.2) is 0 Å². The number of likely N-dealkylation sites (N-methyl/N-ethyl adjacent to an activating group) is 1. The van der Waals surface area contributed by atoms with Crippen molar-refractivity contribution in [3.63, 3.8) is 0 Å². The van der Waals surface area contributed by atoms with Crippen molar-refractivity contribution in [1.82, 2.24) is 4.90 Å². The fourth-order valence-electron chi connectivity index (χ4n) is 2.34. The lowest BCUT2D eigenvalue weighted by Crippen LogP contribution is -2.37. The molecule has 2 aromatic carbocycles. The maximum absolute atomic E-state index is 12.2. The van der Waals surface area contributed by atoms with Gasteiger partial charge in [-0.3, -0.25) is 9.59 Å². The van der Waals surface area contributed by atoms with E-state index < -0.39 is 0 Å². The number of rotatable bonds is 7. The van der Waals surface area contributed by atoms with E-state index in [2.05, 4.69) is 28.2 Å². The summed E-state index contributed by atoms with van der Waals surface area (Å²) in [5.41, 5.74) is 2.88. The van der Waals surface area contributed by atoms with Gasteiger partial charge in [-0.2, -0.15) is 0 Å². The number of carbonyl (C=O) groups excluding carboxylic acids is 2. The number of aryl methyl sites for hydroxylation is 2. The number of nitrogens with one attached hydrogen (secondary N) is 1. The molecule has 1 N–H and O–H groups in total. The third-order valence-corrected chi connectivity index (χ3v) is 4.46. The largest absolute Gasteiger partial charge is 0.484 e. The maximum Gasteiger partial charge on any atom is 0.260 e. The molecule has 0 fully saturated rings. The molecule has 6 heteroatoms. The summed E-state index contributed by atoms with van der Waals surface area (Å²) in [5.74, 6) is 0.129. The molecule has 138 valence electrons. The Morgan fingerprint density at radius 2 is 1.85 bits per heavy atom. The zero-order chi connectivity index (χ0) is 19.1. The van der Waals surface area contributed by atoms with E-state index in [-0.39, 0.29) is 25.0 Å². The van der Waals surface area contributed by atoms with Crippen LogP contribution in [0.5, 0.6) is 5.75 Å². The molecule has 0 saturated heterocycles. The predicted octanol–water partition coefficient (Wildman–Crippen LogP) is 3.80. The molecule has 0 spiro atoms. The lowest BCUT2D eigenvalue weighted by atomic mass is 10.2. The van der Waals surface area contributed by atoms with Gasteiger partial charge in [0.2, 0.25) is 5.91 Å². The molecule has 2 aromatic rings. The Morgan fingerprint density at radius 1 is 1.15 bits per heavy atom. The molecule has 2 rings (SSSR count). The zero-order valence-electron chi connectivity index (χ0n) is 15.2. The first kappa shape index (κ1) is 20.0. The van der Waals surface area contributed by atoms with Gasteiger partial charge in [0.05, 0.1) is 6.54 Å². The van der Waals surface area contributed by atoms with Crippen LogP contribution in [0.2, 0.25) is 0 Å². The quantitative estimate of drug-likeness (QED) is 0.743. The van der Waals surface area contributed by atoms with E-state index in [1.54, 1.807) is 7.05 Å². The molecular formula is C20H23BrN2O3. The van der Waals surface area contributed by atoms with Gasteiger partial charge in [0.1, 0.15) is 5.75 Å². The fourth-order valence-corrected chi connectivity index (χ4v) is 2.81. The second kappa shape index (κ2) is 9.38. The summed E-state index contributed by atoms with van der Waals surface area (Å²) >= 11 is 3.39. The van der Waals surface area contributed by atoms with Crippen molar-refractivity contribution in [2.45, 2.75) is 20.3 Å². The van der Waals surface area contributed by atoms with Gasteiger partial charge in [0.25, 0.3) is 5.91 Å². The molecular weight excluding hydrogens is 396 g/mol. The molecule has 0 aliphatic heterocycles. The highest BCUT2D eigenvalue weighted by atomic mass is 79.9. The standard InChI is InChI=1S/C20H23BrN2O3/c1-4-15-5-8-17(9-6-15)26-13-20(25)23(3)12-19(24)22-18-10-7-16(21)11-14(18)2/h5-11H,4,12-13H2,1-3H3,(H,22,24). The minimum absolute atomic E-state index is 0.0352. The molecule has 0 aromatic heterocycles. The van der Waals surface area contributed by atoms with Crippen molar-refractivity contribution in [1.29, 1.82) is 0 Å². The molecule has 2 amide bonds. The average Bonchev–Trinajstić information content (AvgIpc) is 2.62. The topological polar surface area (TPSA) is 58.6 Å². The second-order valence-electron chi connectivity index (χ2n) is 6.04. The number of hydrogen-bond acceptors (Lipinski definition) is 3. The van der Waals surface area contributed by atoms with Gasteiger partial charge in [-0.15, -0.1) is 0 Å². The Balaban J connectivity index is 1.82. The lowest BCUT2D eigenvalue weighted by Gasteiger charge is -2.18. The molecule has 0 heterocycles. The van der Waals surface area contributed by atoms with Crippen LogP contribution in [0.1, 0.15) is 18.1 Å². The number of anilines is 1. The monoisotopic (exact) mass is 418 g/mol. The predicted molar refractivity (Wildman–Crippen MR) is 106 cm³/mol. The van der Waals surface area contributed by atoms with Crippen LogP contribution in [-0.4, -0.2) is 36.9 Å². The van der Waals surface area contributed by atoms with Crippen molar-refractivity contribution in [3.05, 3.63) is 58.1 Å². The van der Waals surface area contributed by atoms with Gasteiger partial charge in [-0.05, 0) is 54.8 Å². The highest BCUT2D eigenvalue weighted by Gasteiger charge is 2.14. The number of amides is 2. The molecule has 26 heavy (non-hydrogen) atoms. The van der Waals surface area contributed by atoms with Crippen molar-refractivity contribution in [2.24, 2.45) is 0 Å². The molecule has 0 atom stereocenters. The fraction of sp³-hybridized carbons (Fsp3) is 0.300. The van der Waals surface area contributed by atoms with E-state index in [0.29, 0.717) is 5.75 Å². The van der Waals surface area contributed by atoms with E-state index in [9.17, 15) is 9.59 Å². The summed E-state index contributed by atoms with van der Waals surface area (Å²) in [7, 11) is 1.58.